The van der Waals surface area contributed by atoms with E-state index in [0.717, 1.165) is 0 Å². The fourth-order valence-corrected chi connectivity index (χ4v) is 0. The predicted molar refractivity (Wildman–Crippen MR) is 26.7 cm³/mol. The van der Waals surface area contributed by atoms with Crippen molar-refractivity contribution in [2.75, 3.05) is 6.26 Å². The Kier molecular flexibility index (Phi) is 9.46. The second-order valence-corrected chi connectivity index (χ2v) is 1.49. The van der Waals surface area contributed by atoms with E-state index in [0.29, 0.717) is 5.11 Å². The molecule has 4 N–H and O–H groups in total. The zero-order valence-electron chi connectivity index (χ0n) is 3.44. The molecule has 0 aliphatic rings. The largest absolute Gasteiger partial charge is 1.00 e. The van der Waals surface area contributed by atoms with Crippen LogP contribution in [-0.2, 0) is 11.4 Å². The fraction of sp³-hybridized carbons (Fsp3) is 0.500. The highest BCUT2D eigenvalue weighted by molar-refractivity contribution is 7.77. The summed E-state index contributed by atoms with van der Waals surface area (Å²) in [6, 6.07) is 0. The molecule has 0 heterocycles. The first-order valence-electron chi connectivity index (χ1n) is 1.19. The molecule has 0 unspecified atom stereocenters. The van der Waals surface area contributed by atoms with Gasteiger partial charge in [0.05, 0.1) is 0 Å². The highest BCUT2D eigenvalue weighted by Crippen LogP contribution is 1.32. The van der Waals surface area contributed by atoms with Gasteiger partial charge in [0.15, 0.2) is 6.26 Å². The molecule has 0 saturated heterocycles. The van der Waals surface area contributed by atoms with Crippen LogP contribution in [0, 0.1) is 0 Å². The van der Waals surface area contributed by atoms with E-state index < -0.39 is 0 Å². The lowest BCUT2D eigenvalue weighted by Gasteiger charge is -1.58. The maximum absolute atomic E-state index is 4.95. The third kappa shape index (κ3) is 8.83. The van der Waals surface area contributed by atoms with Crippen LogP contribution in [0.4, 0.5) is 0 Å². The average molecular weight is 218 g/mol. The molecule has 2 nitrogen and oxygen atoms in total. The number of halogens is 1. The first-order valence-corrected chi connectivity index (χ1v) is 2.41. The monoisotopic (exact) mass is 218 g/mol. The van der Waals surface area contributed by atoms with E-state index in [1.807, 2.05) is 6.26 Å². The Morgan fingerprint density at radius 3 is 1.67 bits per heavy atom. The van der Waals surface area contributed by atoms with E-state index in [1.165, 1.54) is 11.4 Å². The van der Waals surface area contributed by atoms with Gasteiger partial charge in [-0.3, -0.25) is 0 Å². The van der Waals surface area contributed by atoms with Gasteiger partial charge in [-0.1, -0.05) is 0 Å². The second kappa shape index (κ2) is 5.74. The quantitative estimate of drug-likeness (QED) is 0.245. The number of nitrogens with two attached hydrogens (primary N) is 2. The van der Waals surface area contributed by atoms with Crippen molar-refractivity contribution in [3.8, 4) is 0 Å². The number of hydrogen-bond donors (Lipinski definition) is 2. The zero-order chi connectivity index (χ0) is 4.28. The van der Waals surface area contributed by atoms with Gasteiger partial charge >= 0.3 is 5.11 Å². The highest BCUT2D eigenvalue weighted by Gasteiger charge is 1.80. The average Bonchev–Trinajstić information content (AvgIpc) is 1.38. The molecule has 4 heteroatoms. The Balaban J connectivity index is 0. The molecular weight excluding hydrogens is 211 g/mol. The Labute approximate surface area is 58.3 Å². The first kappa shape index (κ1) is 9.88. The van der Waals surface area contributed by atoms with Crippen LogP contribution < -0.4 is 35.4 Å². The van der Waals surface area contributed by atoms with Crippen LogP contribution in [0.5, 0.6) is 0 Å². The Morgan fingerprint density at radius 2 is 1.67 bits per heavy atom. The van der Waals surface area contributed by atoms with E-state index in [2.05, 4.69) is 0 Å². The molecule has 0 aliphatic carbocycles. The van der Waals surface area contributed by atoms with Crippen LogP contribution in [-0.4, -0.2) is 11.4 Å². The van der Waals surface area contributed by atoms with Gasteiger partial charge in [0.1, 0.15) is 0 Å². The molecule has 0 aromatic carbocycles. The fourth-order valence-electron chi connectivity index (χ4n) is 0. The minimum Gasteiger partial charge on any atom is -1.00 e. The lowest BCUT2D eigenvalue weighted by atomic mass is 11.3. The minimum atomic E-state index is 0. The van der Waals surface area contributed by atoms with Crippen LogP contribution >= 0.6 is 0 Å². The van der Waals surface area contributed by atoms with Gasteiger partial charge in [-0.15, -0.1) is 0 Å². The highest BCUT2D eigenvalue weighted by atomic mass is 127. The van der Waals surface area contributed by atoms with Gasteiger partial charge < -0.3 is 24.0 Å². The van der Waals surface area contributed by atoms with Gasteiger partial charge in [0.25, 0.3) is 0 Å². The van der Waals surface area contributed by atoms with E-state index in [4.69, 9.17) is 11.5 Å². The molecule has 0 spiro atoms. The molecule has 0 amide bonds. The predicted octanol–water partition coefficient (Wildman–Crippen LogP) is -4.29. The van der Waals surface area contributed by atoms with Gasteiger partial charge in [0.2, 0.25) is 11.4 Å². The molecule has 38 valence electrons. The minimum absolute atomic E-state index is 0. The van der Waals surface area contributed by atoms with Crippen molar-refractivity contribution in [2.45, 2.75) is 0 Å². The third-order valence-corrected chi connectivity index (χ3v) is 0.707. The number of hydrogen-bond acceptors (Lipinski definition) is 0. The molecule has 6 heavy (non-hydrogen) atoms. The SMILES string of the molecule is C[S+]=C(N)N.[I-]. The third-order valence-electron chi connectivity index (χ3n) is 0.236. The van der Waals surface area contributed by atoms with Crippen LogP contribution in [0.3, 0.4) is 0 Å². The topological polar surface area (TPSA) is 52.0 Å². The summed E-state index contributed by atoms with van der Waals surface area (Å²) in [4.78, 5) is 0. The molecule has 0 aromatic rings. The smallest absolute Gasteiger partial charge is 0.314 e. The molecule has 0 saturated carbocycles. The molecule has 0 rings (SSSR count). The summed E-state index contributed by atoms with van der Waals surface area (Å²) in [6.07, 6.45) is 1.83. The molecule has 0 atom stereocenters. The maximum atomic E-state index is 4.95. The Hall–Kier alpha value is 0.740. The Morgan fingerprint density at radius 1 is 1.50 bits per heavy atom. The lowest BCUT2D eigenvalue weighted by Crippen LogP contribution is -3.00. The van der Waals surface area contributed by atoms with Gasteiger partial charge in [0, 0.05) is 0 Å². The van der Waals surface area contributed by atoms with Crippen molar-refractivity contribution in [1.29, 1.82) is 0 Å². The molecular formula is C2H7IN2S. The van der Waals surface area contributed by atoms with Crippen molar-refractivity contribution >= 4 is 16.5 Å². The molecule has 0 aliphatic heterocycles. The van der Waals surface area contributed by atoms with E-state index in [1.54, 1.807) is 0 Å². The maximum Gasteiger partial charge on any atom is 0.314 e. The summed E-state index contributed by atoms with van der Waals surface area (Å²) in [6.45, 7) is 0. The van der Waals surface area contributed by atoms with E-state index in [-0.39, 0.29) is 24.0 Å². The summed E-state index contributed by atoms with van der Waals surface area (Å²) in [5.74, 6) is 0. The summed E-state index contributed by atoms with van der Waals surface area (Å²) in [5.41, 5.74) is 9.90. The number of rotatable bonds is 0. The van der Waals surface area contributed by atoms with Crippen molar-refractivity contribution < 1.29 is 24.0 Å². The lowest BCUT2D eigenvalue weighted by molar-refractivity contribution is -0.00000130. The van der Waals surface area contributed by atoms with Gasteiger partial charge in [-0.25, -0.2) is 11.5 Å². The van der Waals surface area contributed by atoms with Gasteiger partial charge in [-0.2, -0.15) is 0 Å². The molecule has 0 radical (unpaired) electrons. The van der Waals surface area contributed by atoms with Crippen LogP contribution in [0.2, 0.25) is 0 Å². The molecule has 0 aromatic heterocycles. The van der Waals surface area contributed by atoms with Crippen molar-refractivity contribution in [1.82, 2.24) is 0 Å². The van der Waals surface area contributed by atoms with Crippen LogP contribution in [0.15, 0.2) is 0 Å². The van der Waals surface area contributed by atoms with E-state index in [9.17, 15) is 0 Å². The van der Waals surface area contributed by atoms with Crippen molar-refractivity contribution in [2.24, 2.45) is 11.5 Å². The molecule has 0 bridgehead atoms. The van der Waals surface area contributed by atoms with E-state index >= 15 is 0 Å². The first-order chi connectivity index (χ1) is 2.27. The van der Waals surface area contributed by atoms with Gasteiger partial charge in [-0.05, 0) is 0 Å². The van der Waals surface area contributed by atoms with Crippen molar-refractivity contribution in [3.05, 3.63) is 0 Å². The second-order valence-electron chi connectivity index (χ2n) is 0.606. The summed E-state index contributed by atoms with van der Waals surface area (Å²) >= 11 is 1.35. The van der Waals surface area contributed by atoms with Crippen LogP contribution in [0.1, 0.15) is 0 Å². The normalized spacial score (nSPS) is 5.83. The van der Waals surface area contributed by atoms with Crippen LogP contribution in [0.25, 0.3) is 0 Å². The summed E-state index contributed by atoms with van der Waals surface area (Å²) in [7, 11) is 0. The Bertz CT molecular complexity index is 49.5. The standard InChI is InChI=1S/C2H7N2S.HI/c1-5-2(3)4;/h3-4H2,1H3;1H/q+1;/p-1. The zero-order valence-corrected chi connectivity index (χ0v) is 6.41. The van der Waals surface area contributed by atoms with Crippen molar-refractivity contribution in [3.63, 3.8) is 0 Å². The summed E-state index contributed by atoms with van der Waals surface area (Å²) < 4.78 is 0. The summed E-state index contributed by atoms with van der Waals surface area (Å²) in [5, 5.41) is 0.421. The molecule has 0 fully saturated rings.